The Morgan fingerprint density at radius 1 is 1.52 bits per heavy atom. The number of carbonyl (C=O) groups is 1. The minimum atomic E-state index is -0.939. The predicted molar refractivity (Wildman–Crippen MR) is 83.1 cm³/mol. The van der Waals surface area contributed by atoms with E-state index in [1.54, 1.807) is 12.1 Å². The van der Waals surface area contributed by atoms with Gasteiger partial charge in [0.05, 0.1) is 10.1 Å². The van der Waals surface area contributed by atoms with Crippen LogP contribution in [0, 0.1) is 0 Å². The van der Waals surface area contributed by atoms with Crippen LogP contribution in [0.15, 0.2) is 22.7 Å². The maximum atomic E-state index is 10.5. The highest BCUT2D eigenvalue weighted by Crippen LogP contribution is 2.28. The Labute approximate surface area is 136 Å². The molecule has 1 saturated heterocycles. The molecule has 116 valence electrons. The molecule has 7 heteroatoms. The van der Waals surface area contributed by atoms with E-state index in [0.29, 0.717) is 24.7 Å². The van der Waals surface area contributed by atoms with Crippen molar-refractivity contribution in [3.05, 3.63) is 27.7 Å². The Morgan fingerprint density at radius 3 is 2.86 bits per heavy atom. The standard InChI is InChI=1S/C14H17BrClNO4/c1-14(21-7-13(18)19)8-17(9-14)4-5-20-12-3-2-10(16)6-11(12)15/h2-3,6H,4-5,7-9H2,1H3,(H,18,19). The van der Waals surface area contributed by atoms with Crippen molar-refractivity contribution in [3.63, 3.8) is 0 Å². The van der Waals surface area contributed by atoms with Crippen LogP contribution in [-0.2, 0) is 9.53 Å². The molecule has 1 heterocycles. The van der Waals surface area contributed by atoms with Crippen molar-refractivity contribution in [2.75, 3.05) is 32.8 Å². The predicted octanol–water partition coefficient (Wildman–Crippen LogP) is 2.66. The Balaban J connectivity index is 1.68. The molecule has 0 radical (unpaired) electrons. The molecular formula is C14H17BrClNO4. The number of aliphatic carboxylic acids is 1. The van der Waals surface area contributed by atoms with Crippen molar-refractivity contribution < 1.29 is 19.4 Å². The lowest BCUT2D eigenvalue weighted by atomic mass is 9.96. The van der Waals surface area contributed by atoms with Crippen LogP contribution in [0.1, 0.15) is 6.92 Å². The van der Waals surface area contributed by atoms with E-state index in [4.69, 9.17) is 26.2 Å². The third-order valence-electron chi connectivity index (χ3n) is 3.22. The van der Waals surface area contributed by atoms with E-state index < -0.39 is 5.97 Å². The Kier molecular flexibility index (Phi) is 5.48. The summed E-state index contributed by atoms with van der Waals surface area (Å²) in [6.45, 7) is 4.41. The fourth-order valence-corrected chi connectivity index (χ4v) is 3.06. The zero-order chi connectivity index (χ0) is 15.5. The number of ether oxygens (including phenoxy) is 2. The molecule has 0 aliphatic carbocycles. The third-order valence-corrected chi connectivity index (χ3v) is 4.07. The summed E-state index contributed by atoms with van der Waals surface area (Å²) in [5, 5.41) is 9.26. The van der Waals surface area contributed by atoms with E-state index in [-0.39, 0.29) is 12.2 Å². The molecule has 0 unspecified atom stereocenters. The molecule has 1 aliphatic rings. The number of benzene rings is 1. The summed E-state index contributed by atoms with van der Waals surface area (Å²) in [5.74, 6) is -0.185. The van der Waals surface area contributed by atoms with Gasteiger partial charge in [0.2, 0.25) is 0 Å². The molecule has 0 spiro atoms. The second-order valence-corrected chi connectivity index (χ2v) is 6.56. The van der Waals surface area contributed by atoms with Crippen molar-refractivity contribution >= 4 is 33.5 Å². The van der Waals surface area contributed by atoms with Crippen molar-refractivity contribution in [1.82, 2.24) is 4.90 Å². The zero-order valence-corrected chi connectivity index (χ0v) is 14.0. The van der Waals surface area contributed by atoms with Crippen LogP contribution in [0.3, 0.4) is 0 Å². The molecule has 2 rings (SSSR count). The molecule has 1 aromatic rings. The molecule has 1 aliphatic heterocycles. The highest BCUT2D eigenvalue weighted by atomic mass is 79.9. The molecule has 0 saturated carbocycles. The fraction of sp³-hybridized carbons (Fsp3) is 0.500. The van der Waals surface area contributed by atoms with Crippen LogP contribution in [0.2, 0.25) is 5.02 Å². The van der Waals surface area contributed by atoms with E-state index >= 15 is 0 Å². The second kappa shape index (κ2) is 6.96. The molecule has 1 aromatic carbocycles. The van der Waals surface area contributed by atoms with Gasteiger partial charge in [-0.25, -0.2) is 4.79 Å². The number of likely N-dealkylation sites (tertiary alicyclic amines) is 1. The molecule has 0 aromatic heterocycles. The average molecular weight is 379 g/mol. The van der Waals surface area contributed by atoms with Gasteiger partial charge in [-0.15, -0.1) is 0 Å². The van der Waals surface area contributed by atoms with E-state index in [1.807, 2.05) is 13.0 Å². The lowest BCUT2D eigenvalue weighted by Crippen LogP contribution is -2.62. The lowest BCUT2D eigenvalue weighted by molar-refractivity contribution is -0.165. The average Bonchev–Trinajstić information content (AvgIpc) is 2.37. The maximum absolute atomic E-state index is 10.5. The molecule has 1 fully saturated rings. The monoisotopic (exact) mass is 377 g/mol. The third kappa shape index (κ3) is 4.85. The van der Waals surface area contributed by atoms with Gasteiger partial charge in [0.25, 0.3) is 0 Å². The molecular weight excluding hydrogens is 362 g/mol. The largest absolute Gasteiger partial charge is 0.491 e. The highest BCUT2D eigenvalue weighted by molar-refractivity contribution is 9.10. The Bertz CT molecular complexity index is 520. The van der Waals surface area contributed by atoms with E-state index in [2.05, 4.69) is 20.8 Å². The molecule has 0 atom stereocenters. The topological polar surface area (TPSA) is 59.0 Å². The summed E-state index contributed by atoms with van der Waals surface area (Å²) in [7, 11) is 0. The Hall–Kier alpha value is -0.820. The van der Waals surface area contributed by atoms with Crippen LogP contribution < -0.4 is 4.74 Å². The number of nitrogens with zero attached hydrogens (tertiary/aromatic N) is 1. The van der Waals surface area contributed by atoms with E-state index in [1.165, 1.54) is 0 Å². The number of hydrogen-bond acceptors (Lipinski definition) is 4. The molecule has 0 amide bonds. The first kappa shape index (κ1) is 16.5. The zero-order valence-electron chi connectivity index (χ0n) is 11.6. The number of hydrogen-bond donors (Lipinski definition) is 1. The van der Waals surface area contributed by atoms with Gasteiger partial charge in [0, 0.05) is 24.7 Å². The first-order valence-electron chi connectivity index (χ1n) is 6.54. The molecule has 5 nitrogen and oxygen atoms in total. The normalized spacial score (nSPS) is 17.3. The van der Waals surface area contributed by atoms with Crippen LogP contribution in [-0.4, -0.2) is 54.4 Å². The number of carboxylic acids is 1. The van der Waals surface area contributed by atoms with Gasteiger partial charge in [-0.3, -0.25) is 4.90 Å². The lowest BCUT2D eigenvalue weighted by Gasteiger charge is -2.47. The quantitative estimate of drug-likeness (QED) is 0.790. The number of halogens is 2. The first-order valence-corrected chi connectivity index (χ1v) is 7.71. The number of rotatable bonds is 7. The fourth-order valence-electron chi connectivity index (χ4n) is 2.26. The van der Waals surface area contributed by atoms with Crippen molar-refractivity contribution in [3.8, 4) is 5.75 Å². The highest BCUT2D eigenvalue weighted by Gasteiger charge is 2.39. The van der Waals surface area contributed by atoms with Crippen molar-refractivity contribution in [2.24, 2.45) is 0 Å². The van der Waals surface area contributed by atoms with E-state index in [9.17, 15) is 4.79 Å². The van der Waals surface area contributed by atoms with Gasteiger partial charge >= 0.3 is 5.97 Å². The van der Waals surface area contributed by atoms with Gasteiger partial charge in [-0.05, 0) is 41.1 Å². The van der Waals surface area contributed by atoms with Gasteiger partial charge < -0.3 is 14.6 Å². The molecule has 0 bridgehead atoms. The summed E-state index contributed by atoms with van der Waals surface area (Å²) in [4.78, 5) is 12.6. The van der Waals surface area contributed by atoms with Gasteiger partial charge in [0.1, 0.15) is 19.0 Å². The minimum Gasteiger partial charge on any atom is -0.491 e. The summed E-state index contributed by atoms with van der Waals surface area (Å²) in [6.07, 6.45) is 0. The van der Waals surface area contributed by atoms with Crippen LogP contribution >= 0.6 is 27.5 Å². The smallest absolute Gasteiger partial charge is 0.329 e. The van der Waals surface area contributed by atoms with Gasteiger partial charge in [0.15, 0.2) is 0 Å². The minimum absolute atomic E-state index is 0.251. The Morgan fingerprint density at radius 2 is 2.24 bits per heavy atom. The summed E-state index contributed by atoms with van der Waals surface area (Å²) in [6, 6.07) is 5.39. The SMILES string of the molecule is CC1(OCC(=O)O)CN(CCOc2ccc(Cl)cc2Br)C1. The summed E-state index contributed by atoms with van der Waals surface area (Å²) < 4.78 is 11.9. The van der Waals surface area contributed by atoms with Crippen LogP contribution in [0.25, 0.3) is 0 Å². The second-order valence-electron chi connectivity index (χ2n) is 5.27. The first-order chi connectivity index (χ1) is 9.88. The maximum Gasteiger partial charge on any atom is 0.329 e. The van der Waals surface area contributed by atoms with Gasteiger partial charge in [-0.2, -0.15) is 0 Å². The number of carboxylic acid groups (broad SMARTS) is 1. The van der Waals surface area contributed by atoms with Crippen LogP contribution in [0.5, 0.6) is 5.75 Å². The van der Waals surface area contributed by atoms with Gasteiger partial charge in [-0.1, -0.05) is 11.6 Å². The molecule has 1 N–H and O–H groups in total. The van der Waals surface area contributed by atoms with E-state index in [0.717, 1.165) is 16.8 Å². The van der Waals surface area contributed by atoms with Crippen molar-refractivity contribution in [2.45, 2.75) is 12.5 Å². The summed E-state index contributed by atoms with van der Waals surface area (Å²) >= 11 is 9.27. The molecule has 21 heavy (non-hydrogen) atoms. The summed E-state index contributed by atoms with van der Waals surface area (Å²) in [5.41, 5.74) is -0.362. The van der Waals surface area contributed by atoms with Crippen molar-refractivity contribution in [1.29, 1.82) is 0 Å². The van der Waals surface area contributed by atoms with Crippen LogP contribution in [0.4, 0.5) is 0 Å².